The molecule has 0 fully saturated rings. The lowest BCUT2D eigenvalue weighted by Gasteiger charge is -2.18. The molecule has 0 aliphatic heterocycles. The van der Waals surface area contributed by atoms with Crippen LogP contribution in [0.25, 0.3) is 0 Å². The number of allylic oxidation sites excluding steroid dienone is 10. The van der Waals surface area contributed by atoms with Crippen molar-refractivity contribution in [2.45, 2.75) is 290 Å². The second-order valence-electron chi connectivity index (χ2n) is 18.9. The first kappa shape index (κ1) is 63.1. The summed E-state index contributed by atoms with van der Waals surface area (Å²) in [7, 11) is 0. The van der Waals surface area contributed by atoms with E-state index < -0.39 is 6.10 Å². The van der Waals surface area contributed by atoms with Crippen molar-refractivity contribution >= 4 is 17.9 Å². The van der Waals surface area contributed by atoms with Crippen LogP contribution in [0, 0.1) is 0 Å². The fraction of sp³-hybridized carbons (Fsp3) is 0.783. The number of esters is 3. The van der Waals surface area contributed by atoms with Gasteiger partial charge >= 0.3 is 17.9 Å². The average Bonchev–Trinajstić information content (AvgIpc) is 3.31. The Balaban J connectivity index is 4.37. The van der Waals surface area contributed by atoms with Crippen LogP contribution in [0.5, 0.6) is 0 Å². The van der Waals surface area contributed by atoms with Crippen LogP contribution in [0.3, 0.4) is 0 Å². The summed E-state index contributed by atoms with van der Waals surface area (Å²) in [6.45, 7) is 6.48. The number of hydrogen-bond acceptors (Lipinski definition) is 6. The lowest BCUT2D eigenvalue weighted by Crippen LogP contribution is -2.30. The van der Waals surface area contributed by atoms with Gasteiger partial charge in [-0.1, -0.05) is 261 Å². The molecule has 0 aromatic rings. The molecule has 0 aromatic carbocycles. The molecule has 66 heavy (non-hydrogen) atoms. The molecule has 0 saturated carbocycles. The van der Waals surface area contributed by atoms with E-state index in [0.717, 1.165) is 83.5 Å². The molecular formula is C60H106O6. The number of carbonyl (C=O) groups excluding carboxylic acids is 3. The topological polar surface area (TPSA) is 78.9 Å². The summed E-state index contributed by atoms with van der Waals surface area (Å²) >= 11 is 0. The van der Waals surface area contributed by atoms with Crippen molar-refractivity contribution in [1.82, 2.24) is 0 Å². The summed E-state index contributed by atoms with van der Waals surface area (Å²) in [5, 5.41) is 0. The van der Waals surface area contributed by atoms with E-state index in [2.05, 4.69) is 51.2 Å². The van der Waals surface area contributed by atoms with Crippen LogP contribution in [-0.4, -0.2) is 37.2 Å². The number of carbonyl (C=O) groups is 3. The van der Waals surface area contributed by atoms with Crippen molar-refractivity contribution in [3.63, 3.8) is 0 Å². The first-order valence-electron chi connectivity index (χ1n) is 28.3. The van der Waals surface area contributed by atoms with Crippen LogP contribution in [-0.2, 0) is 28.6 Å². The Morgan fingerprint density at radius 2 is 0.606 bits per heavy atom. The molecular weight excluding hydrogens is 817 g/mol. The van der Waals surface area contributed by atoms with Crippen LogP contribution in [0.4, 0.5) is 0 Å². The molecule has 0 saturated heterocycles. The third-order valence-corrected chi connectivity index (χ3v) is 12.4. The van der Waals surface area contributed by atoms with Crippen LogP contribution in [0.1, 0.15) is 284 Å². The molecule has 0 heterocycles. The zero-order valence-electron chi connectivity index (χ0n) is 43.7. The molecule has 1 unspecified atom stereocenters. The summed E-state index contributed by atoms with van der Waals surface area (Å²) < 4.78 is 16.8. The maximum Gasteiger partial charge on any atom is 0.306 e. The zero-order chi connectivity index (χ0) is 47.9. The van der Waals surface area contributed by atoms with E-state index in [1.165, 1.54) is 161 Å². The molecule has 1 atom stereocenters. The second kappa shape index (κ2) is 54.7. The van der Waals surface area contributed by atoms with Crippen LogP contribution in [0.15, 0.2) is 60.8 Å². The number of unbranched alkanes of at least 4 members (excludes halogenated alkanes) is 33. The highest BCUT2D eigenvalue weighted by Gasteiger charge is 2.19. The highest BCUT2D eigenvalue weighted by Crippen LogP contribution is 2.16. The molecule has 0 aliphatic rings. The predicted molar refractivity (Wildman–Crippen MR) is 284 cm³/mol. The van der Waals surface area contributed by atoms with E-state index in [4.69, 9.17) is 14.2 Å². The minimum absolute atomic E-state index is 0.0878. The Morgan fingerprint density at radius 3 is 0.985 bits per heavy atom. The van der Waals surface area contributed by atoms with Crippen molar-refractivity contribution < 1.29 is 28.6 Å². The Kier molecular flexibility index (Phi) is 52.3. The van der Waals surface area contributed by atoms with E-state index in [0.29, 0.717) is 19.3 Å². The van der Waals surface area contributed by atoms with Gasteiger partial charge in [0.05, 0.1) is 0 Å². The van der Waals surface area contributed by atoms with Gasteiger partial charge in [-0.2, -0.15) is 0 Å². The minimum atomic E-state index is -0.793. The Hall–Kier alpha value is -2.89. The first-order chi connectivity index (χ1) is 32.5. The lowest BCUT2D eigenvalue weighted by molar-refractivity contribution is -0.167. The molecule has 0 aliphatic carbocycles. The number of rotatable bonds is 51. The van der Waals surface area contributed by atoms with Gasteiger partial charge in [0.25, 0.3) is 0 Å². The smallest absolute Gasteiger partial charge is 0.306 e. The van der Waals surface area contributed by atoms with E-state index in [1.807, 2.05) is 30.4 Å². The maximum atomic E-state index is 12.8. The van der Waals surface area contributed by atoms with E-state index in [1.54, 1.807) is 0 Å². The highest BCUT2D eigenvalue weighted by molar-refractivity contribution is 5.71. The largest absolute Gasteiger partial charge is 0.462 e. The van der Waals surface area contributed by atoms with Crippen molar-refractivity contribution in [3.8, 4) is 0 Å². The third kappa shape index (κ3) is 52.1. The molecule has 382 valence electrons. The van der Waals surface area contributed by atoms with Gasteiger partial charge in [0, 0.05) is 19.3 Å². The van der Waals surface area contributed by atoms with Gasteiger partial charge in [-0.3, -0.25) is 14.4 Å². The van der Waals surface area contributed by atoms with Gasteiger partial charge < -0.3 is 14.2 Å². The van der Waals surface area contributed by atoms with Gasteiger partial charge in [-0.25, -0.2) is 0 Å². The Bertz CT molecular complexity index is 1200. The summed E-state index contributed by atoms with van der Waals surface area (Å²) in [5.41, 5.74) is 0. The van der Waals surface area contributed by atoms with E-state index >= 15 is 0 Å². The van der Waals surface area contributed by atoms with Crippen molar-refractivity contribution in [2.75, 3.05) is 13.2 Å². The molecule has 0 rings (SSSR count). The van der Waals surface area contributed by atoms with Gasteiger partial charge in [0.15, 0.2) is 6.10 Å². The van der Waals surface area contributed by atoms with Gasteiger partial charge in [0.1, 0.15) is 13.2 Å². The zero-order valence-corrected chi connectivity index (χ0v) is 43.7. The molecule has 0 radical (unpaired) electrons. The first-order valence-corrected chi connectivity index (χ1v) is 28.3. The predicted octanol–water partition coefficient (Wildman–Crippen LogP) is 18.8. The SMILES string of the molecule is CC/C=C/C=C/C=C/C=C/CCCCCC(=O)OCC(COC(=O)CCCCCCCCCCCCCCCCCCCCC)OC(=O)CCCCCCC/C=C/CCCCCCCCC. The summed E-state index contributed by atoms with van der Waals surface area (Å²) in [5.74, 6) is -0.926. The molecule has 0 spiro atoms. The molecule has 0 bridgehead atoms. The number of ether oxygens (including phenoxy) is 3. The van der Waals surface area contributed by atoms with Crippen LogP contribution in [0.2, 0.25) is 0 Å². The van der Waals surface area contributed by atoms with Crippen molar-refractivity contribution in [2.24, 2.45) is 0 Å². The average molecular weight is 924 g/mol. The Labute approximate surface area is 409 Å². The Morgan fingerprint density at radius 1 is 0.318 bits per heavy atom. The molecule has 0 amide bonds. The minimum Gasteiger partial charge on any atom is -0.462 e. The third-order valence-electron chi connectivity index (χ3n) is 12.4. The second-order valence-corrected chi connectivity index (χ2v) is 18.9. The summed E-state index contributed by atoms with van der Waals surface area (Å²) in [6, 6.07) is 0. The standard InChI is InChI=1S/C60H106O6/c1-4-7-10-13-16-19-22-25-27-29-30-31-33-35-38-41-44-47-50-53-59(62)65-56-57(55-64-58(61)52-49-46-43-40-37-34-24-21-18-15-12-9-6-3)66-60(63)54-51-48-45-42-39-36-32-28-26-23-20-17-14-11-8-5-2/h9,12,15,18,21,24,28,32,34,37,57H,4-8,10-11,13-14,16-17,19-20,22-23,25-27,29-31,33,35-36,38-56H2,1-3H3/b12-9+,18-15+,24-21+,32-28+,37-34+. The molecule has 0 N–H and O–H groups in total. The maximum absolute atomic E-state index is 12.8. The fourth-order valence-corrected chi connectivity index (χ4v) is 8.10. The van der Waals surface area contributed by atoms with Crippen LogP contribution >= 0.6 is 0 Å². The highest BCUT2D eigenvalue weighted by atomic mass is 16.6. The summed E-state index contributed by atoms with van der Waals surface area (Å²) in [4.78, 5) is 38.1. The van der Waals surface area contributed by atoms with Crippen molar-refractivity contribution in [3.05, 3.63) is 60.8 Å². The fourth-order valence-electron chi connectivity index (χ4n) is 8.10. The van der Waals surface area contributed by atoms with E-state index in [9.17, 15) is 14.4 Å². The van der Waals surface area contributed by atoms with Gasteiger partial charge in [-0.05, 0) is 64.2 Å². The van der Waals surface area contributed by atoms with Gasteiger partial charge in [-0.15, -0.1) is 0 Å². The lowest BCUT2D eigenvalue weighted by atomic mass is 10.0. The molecule has 0 aromatic heterocycles. The van der Waals surface area contributed by atoms with Crippen LogP contribution < -0.4 is 0 Å². The summed E-state index contributed by atoms with van der Waals surface area (Å²) in [6.07, 6.45) is 67.9. The van der Waals surface area contributed by atoms with E-state index in [-0.39, 0.29) is 31.1 Å². The quantitative estimate of drug-likeness (QED) is 0.0199. The molecule has 6 heteroatoms. The van der Waals surface area contributed by atoms with Gasteiger partial charge in [0.2, 0.25) is 0 Å². The number of hydrogen-bond donors (Lipinski definition) is 0. The van der Waals surface area contributed by atoms with Crippen molar-refractivity contribution in [1.29, 1.82) is 0 Å². The molecule has 6 nitrogen and oxygen atoms in total. The monoisotopic (exact) mass is 923 g/mol. The normalized spacial score (nSPS) is 12.5.